The number of nitrogens with one attached hydrogen (secondary N) is 1. The molecule has 2 aromatic carbocycles. The van der Waals surface area contributed by atoms with Crippen molar-refractivity contribution in [2.75, 3.05) is 36.5 Å². The maximum atomic E-state index is 12.8. The smallest absolute Gasteiger partial charge is 0.255 e. The third-order valence-electron chi connectivity index (χ3n) is 6.06. The minimum Gasteiger partial charge on any atom is -0.490 e. The van der Waals surface area contributed by atoms with Gasteiger partial charge in [-0.05, 0) is 70.0 Å². The van der Waals surface area contributed by atoms with Crippen LogP contribution < -0.4 is 15.0 Å². The Morgan fingerprint density at radius 2 is 1.76 bits per heavy atom. The third kappa shape index (κ3) is 4.47. The van der Waals surface area contributed by atoms with Gasteiger partial charge in [-0.3, -0.25) is 9.59 Å². The predicted molar refractivity (Wildman–Crippen MR) is 126 cm³/mol. The standard InChI is InChI=1S/C24H29N3O5S/c1-4-27-20-12-9-18(15-21(20)32-16-24(2,3)23(27)29)25-22(28)17-7-10-19(11-8-17)33(30,31)26-13-5-6-14-26/h7-12,15H,4-6,13-14,16H2,1-3H3,(H,25,28). The van der Waals surface area contributed by atoms with E-state index in [0.29, 0.717) is 42.3 Å². The average Bonchev–Trinajstić information content (AvgIpc) is 3.32. The number of ether oxygens (including phenoxy) is 1. The second-order valence-electron chi connectivity index (χ2n) is 8.99. The Labute approximate surface area is 194 Å². The van der Waals surface area contributed by atoms with E-state index >= 15 is 0 Å². The number of benzene rings is 2. The van der Waals surface area contributed by atoms with Crippen LogP contribution in [0.25, 0.3) is 0 Å². The highest BCUT2D eigenvalue weighted by Gasteiger charge is 2.37. The monoisotopic (exact) mass is 471 g/mol. The highest BCUT2D eigenvalue weighted by atomic mass is 32.2. The summed E-state index contributed by atoms with van der Waals surface area (Å²) in [6, 6.07) is 11.2. The summed E-state index contributed by atoms with van der Waals surface area (Å²) >= 11 is 0. The molecule has 0 bridgehead atoms. The van der Waals surface area contributed by atoms with E-state index in [1.807, 2.05) is 20.8 Å². The molecule has 0 saturated carbocycles. The van der Waals surface area contributed by atoms with Crippen LogP contribution in [0, 0.1) is 5.41 Å². The fourth-order valence-electron chi connectivity index (χ4n) is 4.10. The van der Waals surface area contributed by atoms with E-state index in [0.717, 1.165) is 12.8 Å². The fourth-order valence-corrected chi connectivity index (χ4v) is 5.62. The number of fused-ring (bicyclic) bond motifs is 1. The number of anilines is 2. The van der Waals surface area contributed by atoms with Gasteiger partial charge in [0.05, 0.1) is 16.0 Å². The van der Waals surface area contributed by atoms with Crippen molar-refractivity contribution in [2.24, 2.45) is 5.41 Å². The van der Waals surface area contributed by atoms with Gasteiger partial charge in [-0.1, -0.05) is 0 Å². The molecule has 1 N–H and O–H groups in total. The quantitative estimate of drug-likeness (QED) is 0.720. The molecular formula is C24H29N3O5S. The van der Waals surface area contributed by atoms with Crippen LogP contribution in [0.15, 0.2) is 47.4 Å². The van der Waals surface area contributed by atoms with Gasteiger partial charge in [0.2, 0.25) is 15.9 Å². The van der Waals surface area contributed by atoms with Crippen molar-refractivity contribution in [3.05, 3.63) is 48.0 Å². The Bertz CT molecular complexity index is 1170. The molecule has 4 rings (SSSR count). The summed E-state index contributed by atoms with van der Waals surface area (Å²) in [6.07, 6.45) is 1.73. The molecule has 176 valence electrons. The Kier molecular flexibility index (Phi) is 6.20. The van der Waals surface area contributed by atoms with Crippen LogP contribution in [0.1, 0.15) is 44.0 Å². The fraction of sp³-hybridized carbons (Fsp3) is 0.417. The summed E-state index contributed by atoms with van der Waals surface area (Å²) in [5.41, 5.74) is 0.881. The van der Waals surface area contributed by atoms with Gasteiger partial charge in [-0.2, -0.15) is 4.31 Å². The second-order valence-corrected chi connectivity index (χ2v) is 10.9. The van der Waals surface area contributed by atoms with E-state index in [1.165, 1.54) is 28.6 Å². The summed E-state index contributed by atoms with van der Waals surface area (Å²) in [7, 11) is -3.52. The first kappa shape index (κ1) is 23.3. The van der Waals surface area contributed by atoms with E-state index in [1.54, 1.807) is 23.1 Å². The third-order valence-corrected chi connectivity index (χ3v) is 7.97. The van der Waals surface area contributed by atoms with Crippen LogP contribution in [0.4, 0.5) is 11.4 Å². The van der Waals surface area contributed by atoms with E-state index in [4.69, 9.17) is 4.74 Å². The first-order valence-corrected chi connectivity index (χ1v) is 12.6. The lowest BCUT2D eigenvalue weighted by Crippen LogP contribution is -2.42. The molecule has 0 atom stereocenters. The van der Waals surface area contributed by atoms with Gasteiger partial charge in [0.25, 0.3) is 5.91 Å². The molecule has 1 fully saturated rings. The molecule has 9 heteroatoms. The second kappa shape index (κ2) is 8.79. The summed E-state index contributed by atoms with van der Waals surface area (Å²) in [5.74, 6) is 0.155. The Morgan fingerprint density at radius 1 is 1.09 bits per heavy atom. The van der Waals surface area contributed by atoms with Gasteiger partial charge in [0.1, 0.15) is 12.4 Å². The van der Waals surface area contributed by atoms with Crippen molar-refractivity contribution < 1.29 is 22.7 Å². The number of hydrogen-bond acceptors (Lipinski definition) is 5. The van der Waals surface area contributed by atoms with Crippen LogP contribution in [-0.2, 0) is 14.8 Å². The van der Waals surface area contributed by atoms with Crippen LogP contribution in [0.2, 0.25) is 0 Å². The number of nitrogens with zero attached hydrogens (tertiary/aromatic N) is 2. The Hall–Kier alpha value is -2.91. The van der Waals surface area contributed by atoms with Crippen LogP contribution in [-0.4, -0.2) is 50.8 Å². The molecule has 2 aliphatic rings. The number of carbonyl (C=O) groups excluding carboxylic acids is 2. The molecule has 2 heterocycles. The van der Waals surface area contributed by atoms with Gasteiger partial charge < -0.3 is 15.0 Å². The number of sulfonamides is 1. The molecule has 0 spiro atoms. The van der Waals surface area contributed by atoms with Crippen molar-refractivity contribution >= 4 is 33.2 Å². The normalized spacial score (nSPS) is 18.4. The van der Waals surface area contributed by atoms with E-state index in [9.17, 15) is 18.0 Å². The lowest BCUT2D eigenvalue weighted by Gasteiger charge is -2.26. The van der Waals surface area contributed by atoms with Gasteiger partial charge in [-0.15, -0.1) is 0 Å². The molecule has 0 aliphatic carbocycles. The van der Waals surface area contributed by atoms with Crippen molar-refractivity contribution in [3.8, 4) is 5.75 Å². The molecule has 0 unspecified atom stereocenters. The largest absolute Gasteiger partial charge is 0.490 e. The van der Waals surface area contributed by atoms with Crippen LogP contribution in [0.5, 0.6) is 5.75 Å². The number of carbonyl (C=O) groups is 2. The lowest BCUT2D eigenvalue weighted by atomic mass is 9.93. The molecular weight excluding hydrogens is 442 g/mol. The molecule has 0 radical (unpaired) electrons. The SMILES string of the molecule is CCN1C(=O)C(C)(C)COc2cc(NC(=O)c3ccc(S(=O)(=O)N4CCCC4)cc3)ccc21. The van der Waals surface area contributed by atoms with Crippen LogP contribution >= 0.6 is 0 Å². The van der Waals surface area contributed by atoms with Gasteiger partial charge in [0.15, 0.2) is 0 Å². The Balaban J connectivity index is 1.51. The van der Waals surface area contributed by atoms with Crippen LogP contribution in [0.3, 0.4) is 0 Å². The van der Waals surface area contributed by atoms with Crippen molar-refractivity contribution in [1.29, 1.82) is 0 Å². The number of hydrogen-bond donors (Lipinski definition) is 1. The maximum absolute atomic E-state index is 12.8. The van der Waals surface area contributed by atoms with Crippen molar-refractivity contribution in [1.82, 2.24) is 4.31 Å². The van der Waals surface area contributed by atoms with Crippen molar-refractivity contribution in [2.45, 2.75) is 38.5 Å². The molecule has 0 aromatic heterocycles. The van der Waals surface area contributed by atoms with E-state index < -0.39 is 15.4 Å². The highest BCUT2D eigenvalue weighted by molar-refractivity contribution is 7.89. The maximum Gasteiger partial charge on any atom is 0.255 e. The molecule has 2 amide bonds. The van der Waals surface area contributed by atoms with E-state index in [-0.39, 0.29) is 23.3 Å². The zero-order valence-corrected chi connectivity index (χ0v) is 19.9. The molecule has 8 nitrogen and oxygen atoms in total. The minimum absolute atomic E-state index is 0.00971. The predicted octanol–water partition coefficient (Wildman–Crippen LogP) is 3.49. The highest BCUT2D eigenvalue weighted by Crippen LogP contribution is 2.38. The summed E-state index contributed by atoms with van der Waals surface area (Å²) < 4.78 is 32.7. The summed E-state index contributed by atoms with van der Waals surface area (Å²) in [4.78, 5) is 27.5. The van der Waals surface area contributed by atoms with Crippen molar-refractivity contribution in [3.63, 3.8) is 0 Å². The summed E-state index contributed by atoms with van der Waals surface area (Å²) in [6.45, 7) is 7.41. The first-order chi connectivity index (χ1) is 15.6. The first-order valence-electron chi connectivity index (χ1n) is 11.1. The zero-order chi connectivity index (χ0) is 23.8. The lowest BCUT2D eigenvalue weighted by molar-refractivity contribution is -0.127. The zero-order valence-electron chi connectivity index (χ0n) is 19.1. The molecule has 2 aromatic rings. The summed E-state index contributed by atoms with van der Waals surface area (Å²) in [5, 5.41) is 2.82. The Morgan fingerprint density at radius 3 is 2.39 bits per heavy atom. The van der Waals surface area contributed by atoms with E-state index in [2.05, 4.69) is 5.32 Å². The van der Waals surface area contributed by atoms with Gasteiger partial charge >= 0.3 is 0 Å². The number of amides is 2. The molecule has 1 saturated heterocycles. The van der Waals surface area contributed by atoms with Gasteiger partial charge in [-0.25, -0.2) is 8.42 Å². The van der Waals surface area contributed by atoms with Gasteiger partial charge in [0, 0.05) is 37.0 Å². The molecule has 2 aliphatic heterocycles. The number of rotatable bonds is 5. The average molecular weight is 472 g/mol. The topological polar surface area (TPSA) is 96.0 Å². The molecule has 33 heavy (non-hydrogen) atoms. The minimum atomic E-state index is -3.52.